The van der Waals surface area contributed by atoms with Gasteiger partial charge in [-0.3, -0.25) is 19.6 Å². The maximum Gasteiger partial charge on any atom is 0.328 e. The van der Waals surface area contributed by atoms with Crippen LogP contribution in [0.1, 0.15) is 119 Å². The van der Waals surface area contributed by atoms with E-state index in [1.165, 1.54) is 60.4 Å². The van der Waals surface area contributed by atoms with E-state index < -0.39 is 59.0 Å². The zero-order valence-electron chi connectivity index (χ0n) is 66.7. The normalized spacial score (nSPS) is 12.7. The summed E-state index contributed by atoms with van der Waals surface area (Å²) in [6.07, 6.45) is 22.5. The lowest BCUT2D eigenvalue weighted by Crippen LogP contribution is -2.32. The van der Waals surface area contributed by atoms with E-state index in [4.69, 9.17) is 43.0 Å². The summed E-state index contributed by atoms with van der Waals surface area (Å²) < 4.78 is 98.5. The van der Waals surface area contributed by atoms with Gasteiger partial charge in [0.15, 0.2) is 41.2 Å². The Morgan fingerprint density at radius 3 is 1.22 bits per heavy atom. The number of aliphatic carboxylic acids is 1. The third kappa shape index (κ3) is 24.0. The van der Waals surface area contributed by atoms with E-state index in [-0.39, 0.29) is 86.0 Å². The lowest BCUT2D eigenvalue weighted by Gasteiger charge is -2.21. The first-order valence-corrected chi connectivity index (χ1v) is 37.6. The molecule has 1 atom stereocenters. The highest BCUT2D eigenvalue weighted by atomic mass is 35.5. The van der Waals surface area contributed by atoms with Crippen molar-refractivity contribution in [2.45, 2.75) is 106 Å². The first kappa shape index (κ1) is 89.1. The molecular formula is C83H82ClF6N23O8. The summed E-state index contributed by atoms with van der Waals surface area (Å²) in [5.74, 6) is -2.09. The molecule has 31 nitrogen and oxygen atoms in total. The molecule has 3 aromatic carbocycles. The van der Waals surface area contributed by atoms with Crippen LogP contribution in [-0.2, 0) is 28.8 Å². The second-order valence-electron chi connectivity index (χ2n) is 27.3. The molecule has 121 heavy (non-hydrogen) atoms. The first-order valence-electron chi connectivity index (χ1n) is 37.2. The average molecular weight is 1680 g/mol. The number of amides is 3. The van der Waals surface area contributed by atoms with Gasteiger partial charge >= 0.3 is 5.97 Å². The zero-order valence-corrected chi connectivity index (χ0v) is 67.4. The lowest BCUT2D eigenvalue weighted by atomic mass is 10.1. The van der Waals surface area contributed by atoms with Crippen LogP contribution in [-0.4, -0.2) is 132 Å². The second-order valence-corrected chi connectivity index (χ2v) is 27.7. The van der Waals surface area contributed by atoms with Crippen LogP contribution in [0.3, 0.4) is 0 Å². The summed E-state index contributed by atoms with van der Waals surface area (Å²) in [5.41, 5.74) is 20.5. The van der Waals surface area contributed by atoms with Gasteiger partial charge in [0.25, 0.3) is 11.8 Å². The van der Waals surface area contributed by atoms with Crippen molar-refractivity contribution in [3.63, 3.8) is 0 Å². The van der Waals surface area contributed by atoms with E-state index >= 15 is 0 Å². The minimum Gasteiger partial charge on any atom is -0.478 e. The molecule has 1 aliphatic rings. The number of aromatic nitrogens is 16. The number of nitrogen functional groups attached to an aromatic ring is 2. The summed E-state index contributed by atoms with van der Waals surface area (Å²) in [6.45, 7) is 17.8. The Kier molecular flexibility index (Phi) is 30.3. The minimum atomic E-state index is -0.980. The average Bonchev–Trinajstić information content (AvgIpc) is 1.67. The Bertz CT molecular complexity index is 6000. The van der Waals surface area contributed by atoms with Crippen molar-refractivity contribution in [2.75, 3.05) is 35.8 Å². The number of benzene rings is 3. The molecule has 0 bridgehead atoms. The SMILES string of the molecule is CNC(=O)/C=C/c1ccc(N)nc1.Cc1nc2c(F)cc(-c3nc(Cl)ncc3F)cc2n1C(C)C.Cc1nc2c(F)cc(-c3nc(Nc4ccc(/C=C/C(=O)NO)cn4)ncc3F)cc2n1C(C)C.Cc1nc2c(F)cc(-c3nc(Nc4ccc(/C=C/C(=O)NOC5CCCCO5)cn4)ncc3F)cc2n1C(C)C.Nc1ccc(/C=C/C(=O)O)cn1. The molecular weight excluding hydrogens is 1600 g/mol. The van der Waals surface area contributed by atoms with Crippen molar-refractivity contribution in [1.29, 1.82) is 0 Å². The number of likely N-dealkylation sites (N-methyl/N-ethyl adjacent to an activating group) is 1. The number of carboxylic acids is 1. The van der Waals surface area contributed by atoms with Crippen molar-refractivity contribution in [2.24, 2.45) is 0 Å². The number of carbonyl (C=O) groups excluding carboxylic acids is 3. The van der Waals surface area contributed by atoms with Gasteiger partial charge in [-0.2, -0.15) is 0 Å². The number of imidazole rings is 3. The number of hydrogen-bond acceptors (Lipinski definition) is 24. The fraction of sp³-hybridized carbons (Fsp3) is 0.217. The van der Waals surface area contributed by atoms with E-state index in [2.05, 4.69) is 86.2 Å². The van der Waals surface area contributed by atoms with Crippen LogP contribution in [0.5, 0.6) is 0 Å². The number of fused-ring (bicyclic) bond motifs is 3. The number of hydroxylamine groups is 2. The van der Waals surface area contributed by atoms with Gasteiger partial charge in [0.2, 0.25) is 23.1 Å². The smallest absolute Gasteiger partial charge is 0.328 e. The van der Waals surface area contributed by atoms with Gasteiger partial charge in [0.1, 0.15) is 74.4 Å². The number of carbonyl (C=O) groups is 4. The maximum absolute atomic E-state index is 14.9. The third-order valence-corrected chi connectivity index (χ3v) is 17.7. The molecule has 10 aromatic heterocycles. The van der Waals surface area contributed by atoms with Crippen molar-refractivity contribution in [3.05, 3.63) is 233 Å². The summed E-state index contributed by atoms with van der Waals surface area (Å²) in [6, 6.07) is 22.3. The van der Waals surface area contributed by atoms with Crippen LogP contribution in [0.2, 0.25) is 5.28 Å². The molecule has 11 heterocycles. The van der Waals surface area contributed by atoms with Crippen LogP contribution in [0.4, 0.5) is 61.5 Å². The Hall–Kier alpha value is -14.3. The number of nitrogens with one attached hydrogen (secondary N) is 5. The van der Waals surface area contributed by atoms with E-state index in [0.717, 1.165) is 55.6 Å². The van der Waals surface area contributed by atoms with Gasteiger partial charge in [-0.1, -0.05) is 0 Å². The Balaban J connectivity index is 0.000000170. The quantitative estimate of drug-likeness (QED) is 0.0112. The zero-order chi connectivity index (χ0) is 87.3. The molecule has 0 aliphatic carbocycles. The van der Waals surface area contributed by atoms with Crippen molar-refractivity contribution >= 4 is 128 Å². The number of halogens is 7. The standard InChI is InChI=1S/C28H29F2N7O3.C23H21F2N7O2.C15H13ClF2N4.C9H11N3O.C8H8N2O2/c1-16(2)37-17(3)33-27-20(29)12-19(13-22(27)37)26-21(30)15-32-28(35-26)34-23-9-7-18(14-31-23)8-10-24(38)36-40-25-6-4-5-11-39-25;1-12(2)32-13(3)28-22-16(24)8-15(9-18(22)32)21-17(25)11-27-23(30-21)29-19-6-4-14(10-26-19)5-7-20(33)31-34;1-7(2)22-8(3)20-14-10(17)4-9(5-12(14)22)13-11(18)6-19-15(16)21-13;1-11-9(13)5-3-7-2-4-8(10)12-6-7;9-7-3-1-6(5-10-7)2-4-8(11)12/h7-10,12-16,25H,4-6,11H2,1-3H3,(H,36,38)(H,31,32,34,35);4-12,34H,1-3H3,(H,31,33)(H,26,27,29,30);4-7H,1-3H3;2-6H,1H3,(H2,10,12)(H,11,13);1-5H,(H2,9,10)(H,11,12)/b10-8+;7-5+;;5-3+;4-2+. The molecule has 0 saturated carbocycles. The molecule has 38 heteroatoms. The van der Waals surface area contributed by atoms with Crippen molar-refractivity contribution < 1.29 is 65.4 Å². The molecule has 0 spiro atoms. The Labute approximate surface area is 692 Å². The van der Waals surface area contributed by atoms with Crippen LogP contribution in [0, 0.1) is 55.7 Å². The number of ether oxygens (including phenoxy) is 1. The van der Waals surface area contributed by atoms with Gasteiger partial charge in [-0.25, -0.2) is 112 Å². The summed E-state index contributed by atoms with van der Waals surface area (Å²) in [7, 11) is 1.58. The number of hydrogen-bond donors (Lipinski definition) is 9. The number of aryl methyl sites for hydroxylation is 3. The predicted octanol–water partition coefficient (Wildman–Crippen LogP) is 15.2. The Morgan fingerprint density at radius 1 is 0.488 bits per heavy atom. The fourth-order valence-electron chi connectivity index (χ4n) is 12.2. The molecule has 3 amide bonds. The third-order valence-electron chi connectivity index (χ3n) is 17.5. The number of nitrogens with zero attached hydrogens (tertiary/aromatic N) is 16. The van der Waals surface area contributed by atoms with Gasteiger partial charge in [0, 0.05) is 104 Å². The molecule has 13 aromatic rings. The van der Waals surface area contributed by atoms with E-state index in [9.17, 15) is 45.5 Å². The van der Waals surface area contributed by atoms with Crippen molar-refractivity contribution in [1.82, 2.24) is 94.8 Å². The molecule has 0 radical (unpaired) electrons. The number of nitrogens with two attached hydrogens (primary N) is 2. The molecule has 11 N–H and O–H groups in total. The van der Waals surface area contributed by atoms with Crippen LogP contribution in [0.25, 0.3) is 91.2 Å². The van der Waals surface area contributed by atoms with Gasteiger partial charge in [0.05, 0.1) is 35.1 Å². The van der Waals surface area contributed by atoms with Gasteiger partial charge in [-0.15, -0.1) is 0 Å². The Morgan fingerprint density at radius 2 is 0.868 bits per heavy atom. The topological polar surface area (TPSA) is 422 Å². The molecule has 1 fully saturated rings. The monoisotopic (exact) mass is 1680 g/mol. The summed E-state index contributed by atoms with van der Waals surface area (Å²) >= 11 is 5.71. The predicted molar refractivity (Wildman–Crippen MR) is 445 cm³/mol. The first-order chi connectivity index (χ1) is 57.8. The molecule has 1 unspecified atom stereocenters. The number of carboxylic acid groups (broad SMARTS) is 1. The van der Waals surface area contributed by atoms with Crippen LogP contribution >= 0.6 is 11.6 Å². The van der Waals surface area contributed by atoms with Crippen molar-refractivity contribution in [3.8, 4) is 33.8 Å². The highest BCUT2D eigenvalue weighted by Crippen LogP contribution is 2.35. The van der Waals surface area contributed by atoms with E-state index in [1.807, 2.05) is 55.2 Å². The number of pyridine rings is 4. The van der Waals surface area contributed by atoms with E-state index in [0.29, 0.717) is 86.2 Å². The second kappa shape index (κ2) is 41.2. The fourth-order valence-corrected chi connectivity index (χ4v) is 12.3. The minimum absolute atomic E-state index is 0.0324. The van der Waals surface area contributed by atoms with Gasteiger partial charge in [-0.05, 0) is 218 Å². The molecule has 14 rings (SSSR count). The molecule has 626 valence electrons. The largest absolute Gasteiger partial charge is 0.478 e. The summed E-state index contributed by atoms with van der Waals surface area (Å²) in [4.78, 5) is 102. The summed E-state index contributed by atoms with van der Waals surface area (Å²) in [5, 5.41) is 25.0. The van der Waals surface area contributed by atoms with Crippen LogP contribution < -0.4 is 38.4 Å². The number of rotatable bonds is 20. The lowest BCUT2D eigenvalue weighted by molar-refractivity contribution is -0.198. The maximum atomic E-state index is 14.9. The molecule has 1 saturated heterocycles. The van der Waals surface area contributed by atoms with E-state index in [1.54, 1.807) is 119 Å². The van der Waals surface area contributed by atoms with Crippen LogP contribution in [0.15, 0.2) is 153 Å². The number of anilines is 6. The highest BCUT2D eigenvalue weighted by molar-refractivity contribution is 6.28. The highest BCUT2D eigenvalue weighted by Gasteiger charge is 2.24. The molecule has 1 aliphatic heterocycles. The van der Waals surface area contributed by atoms with Gasteiger partial charge < -0.3 is 51.0 Å².